The van der Waals surface area contributed by atoms with Gasteiger partial charge in [-0.3, -0.25) is 0 Å². The van der Waals surface area contributed by atoms with Crippen LogP contribution in [0, 0.1) is 5.92 Å². The van der Waals surface area contributed by atoms with E-state index in [0.717, 1.165) is 24.2 Å². The predicted octanol–water partition coefficient (Wildman–Crippen LogP) is 2.68. The largest absolute Gasteiger partial charge is 0.496 e. The molecule has 0 spiro atoms. The summed E-state index contributed by atoms with van der Waals surface area (Å²) in [5, 5.41) is 10.7. The number of rotatable bonds is 5. The summed E-state index contributed by atoms with van der Waals surface area (Å²) < 4.78 is 5.40. The molecule has 0 bridgehead atoms. The molecule has 106 valence electrons. The minimum absolute atomic E-state index is 0.0285. The zero-order valence-corrected chi connectivity index (χ0v) is 11.7. The maximum atomic E-state index is 10.7. The van der Waals surface area contributed by atoms with Gasteiger partial charge in [0, 0.05) is 18.0 Å². The molecular formula is C16H25NO2. The fourth-order valence-electron chi connectivity index (χ4n) is 3.23. The number of nitrogens with two attached hydrogens (primary N) is 1. The van der Waals surface area contributed by atoms with Crippen LogP contribution < -0.4 is 10.5 Å². The average molecular weight is 263 g/mol. The number of para-hydroxylation sites is 1. The molecule has 19 heavy (non-hydrogen) atoms. The molecule has 0 heterocycles. The lowest BCUT2D eigenvalue weighted by molar-refractivity contribution is 0.0617. The molecule has 2 atom stereocenters. The van der Waals surface area contributed by atoms with E-state index in [1.165, 1.54) is 19.3 Å². The average Bonchev–Trinajstić information content (AvgIpc) is 2.49. The number of hydrogen-bond donors (Lipinski definition) is 2. The smallest absolute Gasteiger partial charge is 0.122 e. The third kappa shape index (κ3) is 3.28. The summed E-state index contributed by atoms with van der Waals surface area (Å²) in [5.74, 6) is 1.18. The van der Waals surface area contributed by atoms with E-state index in [4.69, 9.17) is 10.5 Å². The van der Waals surface area contributed by atoms with E-state index in [9.17, 15) is 5.11 Å². The van der Waals surface area contributed by atoms with Gasteiger partial charge in [0.1, 0.15) is 5.75 Å². The highest BCUT2D eigenvalue weighted by Gasteiger charge is 2.30. The SMILES string of the molecule is COc1ccccc1C(CN)C(O)C1CCCCC1. The molecule has 0 amide bonds. The van der Waals surface area contributed by atoms with Crippen LogP contribution in [0.4, 0.5) is 0 Å². The van der Waals surface area contributed by atoms with Gasteiger partial charge < -0.3 is 15.6 Å². The minimum Gasteiger partial charge on any atom is -0.496 e. The zero-order chi connectivity index (χ0) is 13.7. The normalized spacial score (nSPS) is 19.9. The second kappa shape index (κ2) is 6.92. The summed E-state index contributed by atoms with van der Waals surface area (Å²) in [4.78, 5) is 0. The quantitative estimate of drug-likeness (QED) is 0.858. The summed E-state index contributed by atoms with van der Waals surface area (Å²) in [5.41, 5.74) is 6.95. The third-order valence-corrected chi connectivity index (χ3v) is 4.34. The fourth-order valence-corrected chi connectivity index (χ4v) is 3.23. The first-order valence-electron chi connectivity index (χ1n) is 7.29. The Kier molecular flexibility index (Phi) is 5.23. The summed E-state index contributed by atoms with van der Waals surface area (Å²) in [6.45, 7) is 0.456. The fraction of sp³-hybridized carbons (Fsp3) is 0.625. The molecule has 3 N–H and O–H groups in total. The van der Waals surface area contributed by atoms with Crippen molar-refractivity contribution in [3.05, 3.63) is 29.8 Å². The standard InChI is InChI=1S/C16H25NO2/c1-19-15-10-6-5-9-13(15)14(11-17)16(18)12-7-3-2-4-8-12/h5-6,9-10,12,14,16,18H,2-4,7-8,11,17H2,1H3. The predicted molar refractivity (Wildman–Crippen MR) is 77.4 cm³/mol. The Balaban J connectivity index is 2.18. The minimum atomic E-state index is -0.360. The summed E-state index contributed by atoms with van der Waals surface area (Å²) in [6, 6.07) is 7.88. The number of hydrogen-bond acceptors (Lipinski definition) is 3. The van der Waals surface area contributed by atoms with Crippen molar-refractivity contribution < 1.29 is 9.84 Å². The number of ether oxygens (including phenoxy) is 1. The molecule has 1 aliphatic carbocycles. The second-order valence-electron chi connectivity index (χ2n) is 5.47. The molecule has 1 aromatic carbocycles. The van der Waals surface area contributed by atoms with Gasteiger partial charge in [-0.1, -0.05) is 37.5 Å². The molecule has 1 aromatic rings. The molecule has 1 aliphatic rings. The van der Waals surface area contributed by atoms with Crippen LogP contribution in [0.25, 0.3) is 0 Å². The summed E-state index contributed by atoms with van der Waals surface area (Å²) in [7, 11) is 1.67. The van der Waals surface area contributed by atoms with E-state index in [-0.39, 0.29) is 12.0 Å². The molecule has 1 saturated carbocycles. The first kappa shape index (κ1) is 14.4. The van der Waals surface area contributed by atoms with Gasteiger partial charge in [0.15, 0.2) is 0 Å². The van der Waals surface area contributed by atoms with Gasteiger partial charge >= 0.3 is 0 Å². The van der Waals surface area contributed by atoms with Crippen molar-refractivity contribution >= 4 is 0 Å². The molecule has 3 heteroatoms. The van der Waals surface area contributed by atoms with E-state index in [0.29, 0.717) is 12.5 Å². The van der Waals surface area contributed by atoms with Gasteiger partial charge in [-0.05, 0) is 24.8 Å². The number of aliphatic hydroxyl groups is 1. The van der Waals surface area contributed by atoms with E-state index in [1.54, 1.807) is 7.11 Å². The Morgan fingerprint density at radius 2 is 1.95 bits per heavy atom. The Hall–Kier alpha value is -1.06. The highest BCUT2D eigenvalue weighted by Crippen LogP contribution is 2.36. The maximum absolute atomic E-state index is 10.7. The zero-order valence-electron chi connectivity index (χ0n) is 11.7. The Labute approximate surface area is 115 Å². The molecule has 0 radical (unpaired) electrons. The highest BCUT2D eigenvalue weighted by molar-refractivity contribution is 5.37. The number of benzene rings is 1. The first-order valence-corrected chi connectivity index (χ1v) is 7.29. The highest BCUT2D eigenvalue weighted by atomic mass is 16.5. The summed E-state index contributed by atoms with van der Waals surface area (Å²) >= 11 is 0. The van der Waals surface area contributed by atoms with Gasteiger partial charge in [-0.25, -0.2) is 0 Å². The van der Waals surface area contributed by atoms with Crippen LogP contribution >= 0.6 is 0 Å². The van der Waals surface area contributed by atoms with Crippen molar-refractivity contribution in [2.24, 2.45) is 11.7 Å². The first-order chi connectivity index (χ1) is 9.27. The van der Waals surface area contributed by atoms with Gasteiger partial charge in [-0.2, -0.15) is 0 Å². The molecule has 3 nitrogen and oxygen atoms in total. The Morgan fingerprint density at radius 1 is 1.26 bits per heavy atom. The van der Waals surface area contributed by atoms with Crippen LogP contribution in [-0.4, -0.2) is 24.9 Å². The van der Waals surface area contributed by atoms with Crippen molar-refractivity contribution in [3.8, 4) is 5.75 Å². The van der Waals surface area contributed by atoms with Crippen LogP contribution in [0.3, 0.4) is 0 Å². The van der Waals surface area contributed by atoms with Crippen LogP contribution in [0.15, 0.2) is 24.3 Å². The molecule has 0 saturated heterocycles. The van der Waals surface area contributed by atoms with Gasteiger partial charge in [-0.15, -0.1) is 0 Å². The third-order valence-electron chi connectivity index (χ3n) is 4.34. The molecule has 2 unspecified atom stereocenters. The number of aliphatic hydroxyl groups excluding tert-OH is 1. The van der Waals surface area contributed by atoms with Crippen molar-refractivity contribution in [2.75, 3.05) is 13.7 Å². The Morgan fingerprint density at radius 3 is 2.58 bits per heavy atom. The van der Waals surface area contributed by atoms with Gasteiger partial charge in [0.25, 0.3) is 0 Å². The lowest BCUT2D eigenvalue weighted by Crippen LogP contribution is -2.33. The van der Waals surface area contributed by atoms with Crippen LogP contribution in [0.5, 0.6) is 5.75 Å². The lowest BCUT2D eigenvalue weighted by Gasteiger charge is -2.32. The van der Waals surface area contributed by atoms with Crippen molar-refractivity contribution in [3.63, 3.8) is 0 Å². The van der Waals surface area contributed by atoms with Gasteiger partial charge in [0.05, 0.1) is 13.2 Å². The Bertz CT molecular complexity index is 388. The molecular weight excluding hydrogens is 238 g/mol. The van der Waals surface area contributed by atoms with Crippen LogP contribution in [0.1, 0.15) is 43.6 Å². The van der Waals surface area contributed by atoms with Crippen molar-refractivity contribution in [1.29, 1.82) is 0 Å². The van der Waals surface area contributed by atoms with E-state index in [1.807, 2.05) is 24.3 Å². The van der Waals surface area contributed by atoms with E-state index >= 15 is 0 Å². The van der Waals surface area contributed by atoms with Crippen LogP contribution in [0.2, 0.25) is 0 Å². The monoisotopic (exact) mass is 263 g/mol. The molecule has 2 rings (SSSR count). The van der Waals surface area contributed by atoms with Crippen molar-refractivity contribution in [2.45, 2.75) is 44.1 Å². The van der Waals surface area contributed by atoms with Crippen molar-refractivity contribution in [1.82, 2.24) is 0 Å². The summed E-state index contributed by atoms with van der Waals surface area (Å²) in [6.07, 6.45) is 5.63. The molecule has 0 aliphatic heterocycles. The van der Waals surface area contributed by atoms with E-state index in [2.05, 4.69) is 0 Å². The second-order valence-corrected chi connectivity index (χ2v) is 5.47. The van der Waals surface area contributed by atoms with E-state index < -0.39 is 0 Å². The topological polar surface area (TPSA) is 55.5 Å². The number of methoxy groups -OCH3 is 1. The van der Waals surface area contributed by atoms with Gasteiger partial charge in [0.2, 0.25) is 0 Å². The van der Waals surface area contributed by atoms with Crippen LogP contribution in [-0.2, 0) is 0 Å². The molecule has 1 fully saturated rings. The maximum Gasteiger partial charge on any atom is 0.122 e. The molecule has 0 aromatic heterocycles. The lowest BCUT2D eigenvalue weighted by atomic mass is 9.78.